The van der Waals surface area contributed by atoms with Crippen LogP contribution in [0.2, 0.25) is 0 Å². The maximum Gasteiger partial charge on any atom is 0.273 e. The number of amides is 1. The second-order valence-electron chi connectivity index (χ2n) is 4.99. The average molecular weight is 345 g/mol. The minimum Gasteiger partial charge on any atom is -0.338 e. The third kappa shape index (κ3) is 3.15. The number of nitrogens with zero attached hydrogens (tertiary/aromatic N) is 2. The fourth-order valence-corrected chi connectivity index (χ4v) is 2.81. The van der Waals surface area contributed by atoms with Gasteiger partial charge in [0.1, 0.15) is 5.82 Å². The summed E-state index contributed by atoms with van der Waals surface area (Å²) >= 11 is 3.51. The summed E-state index contributed by atoms with van der Waals surface area (Å²) in [6.45, 7) is 3.19. The normalized spacial score (nSPS) is 22.6. The van der Waals surface area contributed by atoms with Gasteiger partial charge in [-0.05, 0) is 18.4 Å². The number of hydrogen-bond donors (Lipinski definition) is 0. The second kappa shape index (κ2) is 5.87. The van der Waals surface area contributed by atoms with Crippen LogP contribution in [0.3, 0.4) is 0 Å². The van der Waals surface area contributed by atoms with Crippen LogP contribution in [0.5, 0.6) is 0 Å². The molecule has 1 aliphatic heterocycles. The summed E-state index contributed by atoms with van der Waals surface area (Å²) in [5, 5.41) is 10.7. The summed E-state index contributed by atoms with van der Waals surface area (Å²) < 4.78 is 13.4. The molecule has 0 aromatic heterocycles. The molecule has 1 saturated heterocycles. The number of halogens is 2. The number of carbonyl (C=O) groups is 1. The van der Waals surface area contributed by atoms with E-state index in [1.165, 1.54) is 0 Å². The SMILES string of the molecule is CC1CCN(C(=O)c2cc(F)cc([N+](=O)[O-])c2)CC1Br. The number of piperidine rings is 1. The maximum atomic E-state index is 13.4. The first-order chi connectivity index (χ1) is 9.38. The Hall–Kier alpha value is -1.50. The molecule has 0 aliphatic carbocycles. The minimum atomic E-state index is -0.775. The number of non-ortho nitro benzene ring substituents is 1. The van der Waals surface area contributed by atoms with Crippen molar-refractivity contribution in [1.29, 1.82) is 0 Å². The van der Waals surface area contributed by atoms with E-state index in [2.05, 4.69) is 22.9 Å². The molecule has 1 heterocycles. The highest BCUT2D eigenvalue weighted by Gasteiger charge is 2.28. The summed E-state index contributed by atoms with van der Waals surface area (Å²) in [4.78, 5) is 24.1. The third-order valence-electron chi connectivity index (χ3n) is 3.49. The van der Waals surface area contributed by atoms with Gasteiger partial charge in [-0.25, -0.2) is 4.39 Å². The summed E-state index contributed by atoms with van der Waals surface area (Å²) in [5.41, 5.74) is -0.389. The maximum absolute atomic E-state index is 13.4. The molecule has 0 bridgehead atoms. The molecule has 20 heavy (non-hydrogen) atoms. The first-order valence-corrected chi connectivity index (χ1v) is 7.18. The monoisotopic (exact) mass is 344 g/mol. The Morgan fingerprint density at radius 2 is 2.20 bits per heavy atom. The predicted molar refractivity (Wildman–Crippen MR) is 75.5 cm³/mol. The number of rotatable bonds is 2. The minimum absolute atomic E-state index is 0.0194. The molecular formula is C13H14BrFN2O3. The fourth-order valence-electron chi connectivity index (χ4n) is 2.19. The zero-order valence-electron chi connectivity index (χ0n) is 10.9. The highest BCUT2D eigenvalue weighted by Crippen LogP contribution is 2.25. The number of nitro benzene ring substituents is 1. The number of nitro groups is 1. The fraction of sp³-hybridized carbons (Fsp3) is 0.462. The molecule has 1 aromatic carbocycles. The van der Waals surface area contributed by atoms with E-state index in [-0.39, 0.29) is 16.3 Å². The van der Waals surface area contributed by atoms with Gasteiger partial charge in [0.05, 0.1) is 11.0 Å². The van der Waals surface area contributed by atoms with Gasteiger partial charge in [-0.3, -0.25) is 14.9 Å². The topological polar surface area (TPSA) is 63.5 Å². The first-order valence-electron chi connectivity index (χ1n) is 6.27. The van der Waals surface area contributed by atoms with E-state index in [9.17, 15) is 19.3 Å². The van der Waals surface area contributed by atoms with E-state index in [1.807, 2.05) is 0 Å². The van der Waals surface area contributed by atoms with E-state index in [1.54, 1.807) is 4.90 Å². The number of alkyl halides is 1. The van der Waals surface area contributed by atoms with Crippen molar-refractivity contribution in [3.8, 4) is 0 Å². The van der Waals surface area contributed by atoms with Gasteiger partial charge in [-0.2, -0.15) is 0 Å². The standard InChI is InChI=1S/C13H14BrFN2O3/c1-8-2-3-16(7-12(8)14)13(18)9-4-10(15)6-11(5-9)17(19)20/h4-6,8,12H,2-3,7H2,1H3. The molecular weight excluding hydrogens is 331 g/mol. The van der Waals surface area contributed by atoms with Crippen LogP contribution in [0.1, 0.15) is 23.7 Å². The van der Waals surface area contributed by atoms with E-state index in [0.29, 0.717) is 19.0 Å². The van der Waals surface area contributed by atoms with Crippen molar-refractivity contribution < 1.29 is 14.1 Å². The molecule has 1 amide bonds. The van der Waals surface area contributed by atoms with E-state index >= 15 is 0 Å². The highest BCUT2D eigenvalue weighted by atomic mass is 79.9. The largest absolute Gasteiger partial charge is 0.338 e. The van der Waals surface area contributed by atoms with Crippen LogP contribution < -0.4 is 0 Å². The van der Waals surface area contributed by atoms with Crippen molar-refractivity contribution >= 4 is 27.5 Å². The molecule has 1 aromatic rings. The van der Waals surface area contributed by atoms with Gasteiger partial charge in [0.25, 0.3) is 11.6 Å². The Balaban J connectivity index is 2.23. The molecule has 2 unspecified atom stereocenters. The Morgan fingerprint density at radius 1 is 1.50 bits per heavy atom. The summed E-state index contributed by atoms with van der Waals surface area (Å²) in [7, 11) is 0. The molecule has 0 spiro atoms. The molecule has 5 nitrogen and oxygen atoms in total. The second-order valence-corrected chi connectivity index (χ2v) is 6.16. The van der Waals surface area contributed by atoms with Crippen LogP contribution >= 0.6 is 15.9 Å². The summed E-state index contributed by atoms with van der Waals surface area (Å²) in [5.74, 6) is -0.687. The summed E-state index contributed by atoms with van der Waals surface area (Å²) in [6.07, 6.45) is 0.846. The number of benzene rings is 1. The number of hydrogen-bond acceptors (Lipinski definition) is 3. The van der Waals surface area contributed by atoms with Crippen molar-refractivity contribution in [2.24, 2.45) is 5.92 Å². The molecule has 1 fully saturated rings. The van der Waals surface area contributed by atoms with Gasteiger partial charge in [0.2, 0.25) is 0 Å². The van der Waals surface area contributed by atoms with Gasteiger partial charge in [0.15, 0.2) is 0 Å². The summed E-state index contributed by atoms with van der Waals surface area (Å²) in [6, 6.07) is 2.96. The lowest BCUT2D eigenvalue weighted by Gasteiger charge is -2.34. The molecule has 1 aliphatic rings. The molecule has 0 saturated carbocycles. The highest BCUT2D eigenvalue weighted by molar-refractivity contribution is 9.09. The van der Waals surface area contributed by atoms with Gasteiger partial charge in [0, 0.05) is 29.5 Å². The quantitative estimate of drug-likeness (QED) is 0.470. The number of carbonyl (C=O) groups excluding carboxylic acids is 1. The van der Waals surface area contributed by atoms with Crippen LogP contribution in [0, 0.1) is 21.8 Å². The zero-order valence-corrected chi connectivity index (χ0v) is 12.5. The Labute approximate surface area is 124 Å². The Bertz CT molecular complexity index is 552. The number of likely N-dealkylation sites (tertiary alicyclic amines) is 1. The van der Waals surface area contributed by atoms with Crippen molar-refractivity contribution in [3.05, 3.63) is 39.7 Å². The van der Waals surface area contributed by atoms with Gasteiger partial charge < -0.3 is 4.90 Å². The van der Waals surface area contributed by atoms with Crippen LogP contribution in [0.4, 0.5) is 10.1 Å². The lowest BCUT2D eigenvalue weighted by molar-refractivity contribution is -0.385. The lowest BCUT2D eigenvalue weighted by Crippen LogP contribution is -2.43. The van der Waals surface area contributed by atoms with Crippen molar-refractivity contribution in [3.63, 3.8) is 0 Å². The van der Waals surface area contributed by atoms with Crippen molar-refractivity contribution in [2.75, 3.05) is 13.1 Å². The Morgan fingerprint density at radius 3 is 2.80 bits per heavy atom. The van der Waals surface area contributed by atoms with Gasteiger partial charge in [-0.15, -0.1) is 0 Å². The van der Waals surface area contributed by atoms with Crippen molar-refractivity contribution in [1.82, 2.24) is 4.90 Å². The smallest absolute Gasteiger partial charge is 0.273 e. The molecule has 2 rings (SSSR count). The predicted octanol–water partition coefficient (Wildman–Crippen LogP) is 2.98. The van der Waals surface area contributed by atoms with Crippen LogP contribution in [0.25, 0.3) is 0 Å². The van der Waals surface area contributed by atoms with E-state index < -0.39 is 16.4 Å². The van der Waals surface area contributed by atoms with E-state index in [0.717, 1.165) is 24.6 Å². The van der Waals surface area contributed by atoms with Gasteiger partial charge >= 0.3 is 0 Å². The molecule has 0 radical (unpaired) electrons. The first kappa shape index (κ1) is 14.9. The van der Waals surface area contributed by atoms with Crippen molar-refractivity contribution in [2.45, 2.75) is 18.2 Å². The third-order valence-corrected chi connectivity index (χ3v) is 4.69. The van der Waals surface area contributed by atoms with Crippen LogP contribution in [-0.4, -0.2) is 33.6 Å². The van der Waals surface area contributed by atoms with Crippen LogP contribution in [0.15, 0.2) is 18.2 Å². The van der Waals surface area contributed by atoms with E-state index in [4.69, 9.17) is 0 Å². The van der Waals surface area contributed by atoms with Crippen LogP contribution in [-0.2, 0) is 0 Å². The molecule has 0 N–H and O–H groups in total. The Kier molecular flexibility index (Phi) is 4.37. The molecule has 108 valence electrons. The molecule has 7 heteroatoms. The zero-order chi connectivity index (χ0) is 14.9. The lowest BCUT2D eigenvalue weighted by atomic mass is 9.98. The molecule has 2 atom stereocenters. The van der Waals surface area contributed by atoms with Gasteiger partial charge in [-0.1, -0.05) is 22.9 Å². The average Bonchev–Trinajstić information content (AvgIpc) is 2.40.